The molecule has 3 aromatic carbocycles. The van der Waals surface area contributed by atoms with Crippen molar-refractivity contribution in [3.05, 3.63) is 71.3 Å². The van der Waals surface area contributed by atoms with E-state index in [1.165, 1.54) is 17.2 Å². The Balaban J connectivity index is 1.24. The van der Waals surface area contributed by atoms with Crippen molar-refractivity contribution in [1.82, 2.24) is 10.0 Å². The predicted octanol–water partition coefficient (Wildman–Crippen LogP) is 6.24. The summed E-state index contributed by atoms with van der Waals surface area (Å²) in [5.41, 5.74) is 5.98. The van der Waals surface area contributed by atoms with Crippen molar-refractivity contribution < 1.29 is 24.3 Å². The SMILES string of the molecule is Cc1ccc2sc(-c3ccc(N=Nc4cc(CCC(=O)ON5C(=O)CCC5=O)ccc4O)cc3)nc2c1C. The maximum absolute atomic E-state index is 12.1. The monoisotopic (exact) mass is 528 g/mol. The number of hydroxylamine groups is 2. The highest BCUT2D eigenvalue weighted by molar-refractivity contribution is 7.21. The number of amides is 2. The smallest absolute Gasteiger partial charge is 0.333 e. The molecule has 0 unspecified atom stereocenters. The average Bonchev–Trinajstić information content (AvgIpc) is 3.49. The van der Waals surface area contributed by atoms with E-state index in [9.17, 15) is 19.5 Å². The topological polar surface area (TPSA) is 122 Å². The van der Waals surface area contributed by atoms with Crippen LogP contribution >= 0.6 is 11.3 Å². The Morgan fingerprint density at radius 3 is 2.50 bits per heavy atom. The lowest BCUT2D eigenvalue weighted by Gasteiger charge is -2.12. The Bertz CT molecular complexity index is 1580. The lowest BCUT2D eigenvalue weighted by Crippen LogP contribution is -2.32. The molecule has 1 aromatic heterocycles. The number of hydrogen-bond donors (Lipinski definition) is 1. The number of carbonyl (C=O) groups excluding carboxylic acids is 3. The van der Waals surface area contributed by atoms with Crippen LogP contribution in [-0.4, -0.2) is 32.9 Å². The average molecular weight is 529 g/mol. The van der Waals surface area contributed by atoms with E-state index in [0.717, 1.165) is 20.8 Å². The van der Waals surface area contributed by atoms with E-state index < -0.39 is 17.8 Å². The number of phenols is 1. The van der Waals surface area contributed by atoms with Crippen molar-refractivity contribution in [2.24, 2.45) is 10.2 Å². The van der Waals surface area contributed by atoms with Gasteiger partial charge in [0.1, 0.15) is 16.4 Å². The zero-order valence-electron chi connectivity index (χ0n) is 20.8. The molecular formula is C28H24N4O5S. The molecule has 5 rings (SSSR count). The Morgan fingerprint density at radius 2 is 1.76 bits per heavy atom. The van der Waals surface area contributed by atoms with Gasteiger partial charge in [0.2, 0.25) is 0 Å². The molecule has 1 N–H and O–H groups in total. The molecule has 4 aromatic rings. The summed E-state index contributed by atoms with van der Waals surface area (Å²) in [6.07, 6.45) is 0.309. The molecule has 0 spiro atoms. The maximum atomic E-state index is 12.1. The zero-order valence-corrected chi connectivity index (χ0v) is 21.6. The molecule has 0 bridgehead atoms. The number of fused-ring (bicyclic) bond motifs is 1. The van der Waals surface area contributed by atoms with E-state index >= 15 is 0 Å². The summed E-state index contributed by atoms with van der Waals surface area (Å²) in [7, 11) is 0. The summed E-state index contributed by atoms with van der Waals surface area (Å²) in [5.74, 6) is -1.78. The highest BCUT2D eigenvalue weighted by Crippen LogP contribution is 2.34. The number of imide groups is 1. The van der Waals surface area contributed by atoms with Crippen LogP contribution in [0.25, 0.3) is 20.8 Å². The summed E-state index contributed by atoms with van der Waals surface area (Å²) in [4.78, 5) is 45.0. The minimum Gasteiger partial charge on any atom is -0.506 e. The molecule has 10 heteroatoms. The number of aryl methyl sites for hydroxylation is 3. The van der Waals surface area contributed by atoms with Gasteiger partial charge in [0, 0.05) is 18.4 Å². The zero-order chi connectivity index (χ0) is 26.8. The van der Waals surface area contributed by atoms with Crippen LogP contribution in [0.1, 0.15) is 36.0 Å². The first-order valence-electron chi connectivity index (χ1n) is 12.1. The third kappa shape index (κ3) is 5.30. The van der Waals surface area contributed by atoms with E-state index in [1.807, 2.05) is 24.3 Å². The summed E-state index contributed by atoms with van der Waals surface area (Å²) in [6, 6.07) is 16.5. The van der Waals surface area contributed by atoms with E-state index in [0.29, 0.717) is 16.3 Å². The van der Waals surface area contributed by atoms with Gasteiger partial charge < -0.3 is 9.94 Å². The van der Waals surface area contributed by atoms with Gasteiger partial charge in [-0.1, -0.05) is 12.1 Å². The van der Waals surface area contributed by atoms with Gasteiger partial charge in [0.25, 0.3) is 11.8 Å². The second-order valence-corrected chi connectivity index (χ2v) is 10.0. The van der Waals surface area contributed by atoms with E-state index in [-0.39, 0.29) is 37.1 Å². The van der Waals surface area contributed by atoms with Crippen LogP contribution in [0.15, 0.2) is 64.8 Å². The fraction of sp³-hybridized carbons (Fsp3) is 0.214. The van der Waals surface area contributed by atoms with Crippen LogP contribution in [0.5, 0.6) is 5.75 Å². The van der Waals surface area contributed by atoms with Crippen LogP contribution in [0.2, 0.25) is 0 Å². The summed E-state index contributed by atoms with van der Waals surface area (Å²) >= 11 is 1.64. The van der Waals surface area contributed by atoms with E-state index in [4.69, 9.17) is 9.82 Å². The number of carbonyl (C=O) groups is 3. The highest BCUT2D eigenvalue weighted by atomic mass is 32.1. The lowest BCUT2D eigenvalue weighted by atomic mass is 10.1. The number of nitrogens with zero attached hydrogens (tertiary/aromatic N) is 4. The van der Waals surface area contributed by atoms with Gasteiger partial charge in [-0.05, 0) is 79.4 Å². The first kappa shape index (κ1) is 25.2. The number of aromatic hydroxyl groups is 1. The van der Waals surface area contributed by atoms with E-state index in [2.05, 4.69) is 36.2 Å². The summed E-state index contributed by atoms with van der Waals surface area (Å²) in [5, 5.41) is 20.1. The number of thiazole rings is 1. The molecule has 0 saturated carbocycles. The fourth-order valence-electron chi connectivity index (χ4n) is 3.99. The van der Waals surface area contributed by atoms with Crippen LogP contribution in [0, 0.1) is 13.8 Å². The molecule has 1 saturated heterocycles. The lowest BCUT2D eigenvalue weighted by molar-refractivity contribution is -0.197. The third-order valence-corrected chi connectivity index (χ3v) is 7.40. The number of benzene rings is 3. The Morgan fingerprint density at radius 1 is 1.03 bits per heavy atom. The normalized spacial score (nSPS) is 13.7. The first-order valence-corrected chi connectivity index (χ1v) is 12.9. The molecule has 1 aliphatic heterocycles. The number of azo groups is 1. The van der Waals surface area contributed by atoms with Crippen molar-refractivity contribution >= 4 is 50.7 Å². The molecular weight excluding hydrogens is 504 g/mol. The Hall–Kier alpha value is -4.44. The van der Waals surface area contributed by atoms with E-state index in [1.54, 1.807) is 23.5 Å². The second kappa shape index (κ2) is 10.5. The summed E-state index contributed by atoms with van der Waals surface area (Å²) < 4.78 is 1.15. The molecule has 2 heterocycles. The number of hydrogen-bond acceptors (Lipinski definition) is 9. The maximum Gasteiger partial charge on any atom is 0.333 e. The van der Waals surface area contributed by atoms with Crippen molar-refractivity contribution in [3.63, 3.8) is 0 Å². The minimum absolute atomic E-state index is 0.0442. The molecule has 1 fully saturated rings. The van der Waals surface area contributed by atoms with Crippen LogP contribution in [-0.2, 0) is 25.6 Å². The molecule has 1 aliphatic rings. The number of phenolic OH excluding ortho intramolecular Hbond substituents is 1. The van der Waals surface area contributed by atoms with Gasteiger partial charge in [-0.25, -0.2) is 9.78 Å². The van der Waals surface area contributed by atoms with Gasteiger partial charge in [0.15, 0.2) is 0 Å². The second-order valence-electron chi connectivity index (χ2n) is 8.99. The van der Waals surface area contributed by atoms with Gasteiger partial charge in [-0.2, -0.15) is 5.11 Å². The van der Waals surface area contributed by atoms with Gasteiger partial charge >= 0.3 is 5.97 Å². The van der Waals surface area contributed by atoms with Crippen molar-refractivity contribution in [3.8, 4) is 16.3 Å². The van der Waals surface area contributed by atoms with Crippen molar-refractivity contribution in [2.45, 2.75) is 39.5 Å². The van der Waals surface area contributed by atoms with Crippen molar-refractivity contribution in [2.75, 3.05) is 0 Å². The fourth-order valence-corrected chi connectivity index (χ4v) is 5.02. The molecule has 192 valence electrons. The first-order chi connectivity index (χ1) is 18.3. The Labute approximate surface area is 222 Å². The standard InChI is InChI=1S/C28H24N4O5S/c1-16-3-11-23-27(17(16)2)29-28(38-23)19-6-8-20(9-7-19)30-31-21-15-18(4-10-22(21)33)5-14-26(36)37-32-24(34)12-13-25(32)35/h3-4,6-11,15,33H,5,12-14H2,1-2H3. The molecule has 38 heavy (non-hydrogen) atoms. The molecule has 2 amide bonds. The Kier molecular flexibility index (Phi) is 6.97. The van der Waals surface area contributed by atoms with Gasteiger partial charge in [-0.15, -0.1) is 21.5 Å². The molecule has 0 aliphatic carbocycles. The predicted molar refractivity (Wildman–Crippen MR) is 142 cm³/mol. The third-order valence-electron chi connectivity index (χ3n) is 6.33. The van der Waals surface area contributed by atoms with Crippen molar-refractivity contribution in [1.29, 1.82) is 0 Å². The van der Waals surface area contributed by atoms with Crippen LogP contribution in [0.3, 0.4) is 0 Å². The highest BCUT2D eigenvalue weighted by Gasteiger charge is 2.32. The largest absolute Gasteiger partial charge is 0.506 e. The van der Waals surface area contributed by atoms with Crippen LogP contribution in [0.4, 0.5) is 11.4 Å². The molecule has 0 atom stereocenters. The molecule has 0 radical (unpaired) electrons. The number of rotatable bonds is 7. The molecule has 9 nitrogen and oxygen atoms in total. The van der Waals surface area contributed by atoms with Crippen LogP contribution < -0.4 is 0 Å². The number of aromatic nitrogens is 1. The van der Waals surface area contributed by atoms with Gasteiger partial charge in [0.05, 0.1) is 22.3 Å². The van der Waals surface area contributed by atoms with Gasteiger partial charge in [-0.3, -0.25) is 9.59 Å². The summed E-state index contributed by atoms with van der Waals surface area (Å²) in [6.45, 7) is 4.16. The minimum atomic E-state index is -0.691. The quantitative estimate of drug-likeness (QED) is 0.224.